The van der Waals surface area contributed by atoms with Gasteiger partial charge in [0, 0.05) is 27.2 Å². The van der Waals surface area contributed by atoms with Crippen LogP contribution in [0.2, 0.25) is 0 Å². The van der Waals surface area contributed by atoms with Gasteiger partial charge in [0.2, 0.25) is 0 Å². The molecule has 1 aromatic carbocycles. The second-order valence-electron chi connectivity index (χ2n) is 5.08. The van der Waals surface area contributed by atoms with E-state index >= 15 is 0 Å². The van der Waals surface area contributed by atoms with Crippen molar-refractivity contribution in [1.82, 2.24) is 4.90 Å². The van der Waals surface area contributed by atoms with E-state index in [-0.39, 0.29) is 6.03 Å². The van der Waals surface area contributed by atoms with Crippen molar-refractivity contribution in [3.8, 4) is 0 Å². The highest BCUT2D eigenvalue weighted by molar-refractivity contribution is 5.93. The van der Waals surface area contributed by atoms with Crippen molar-refractivity contribution in [3.05, 3.63) is 24.3 Å². The van der Waals surface area contributed by atoms with Crippen LogP contribution in [0.3, 0.4) is 0 Å². The molecular formula is C14H21N3O2. The molecule has 1 fully saturated rings. The van der Waals surface area contributed by atoms with Crippen LogP contribution < -0.4 is 10.2 Å². The molecule has 5 heteroatoms. The molecule has 104 valence electrons. The number of anilines is 2. The molecule has 0 bridgehead atoms. The molecular weight excluding hydrogens is 242 g/mol. The average Bonchev–Trinajstić information content (AvgIpc) is 2.39. The molecule has 1 atom stereocenters. The zero-order chi connectivity index (χ0) is 13.8. The highest BCUT2D eigenvalue weighted by Crippen LogP contribution is 2.24. The number of carbonyl (C=O) groups excluding carboxylic acids is 1. The van der Waals surface area contributed by atoms with Gasteiger partial charge < -0.3 is 20.2 Å². The molecule has 5 nitrogen and oxygen atoms in total. The van der Waals surface area contributed by atoms with Gasteiger partial charge in [-0.1, -0.05) is 12.1 Å². The summed E-state index contributed by atoms with van der Waals surface area (Å²) in [5.74, 6) is 0. The number of para-hydroxylation sites is 2. The van der Waals surface area contributed by atoms with Gasteiger partial charge in [-0.25, -0.2) is 4.79 Å². The van der Waals surface area contributed by atoms with Crippen LogP contribution in [0.5, 0.6) is 0 Å². The predicted octanol–water partition coefficient (Wildman–Crippen LogP) is 1.74. The summed E-state index contributed by atoms with van der Waals surface area (Å²) >= 11 is 0. The third-order valence-electron chi connectivity index (χ3n) is 3.31. The SMILES string of the molecule is CN(C)c1ccccc1NC(=O)N1CCC[C@H](O)C1. The van der Waals surface area contributed by atoms with E-state index in [4.69, 9.17) is 0 Å². The standard InChI is InChI=1S/C14H21N3O2/c1-16(2)13-8-4-3-7-12(13)15-14(19)17-9-5-6-11(18)10-17/h3-4,7-8,11,18H,5-6,9-10H2,1-2H3,(H,15,19)/t11-/m0/s1. The average molecular weight is 263 g/mol. The van der Waals surface area contributed by atoms with Crippen LogP contribution in [-0.4, -0.2) is 49.3 Å². The number of rotatable bonds is 2. The smallest absolute Gasteiger partial charge is 0.321 e. The van der Waals surface area contributed by atoms with Crippen LogP contribution in [0.4, 0.5) is 16.2 Å². The molecule has 0 radical (unpaired) electrons. The van der Waals surface area contributed by atoms with Gasteiger partial charge in [0.15, 0.2) is 0 Å². The summed E-state index contributed by atoms with van der Waals surface area (Å²) in [6.45, 7) is 1.11. The van der Waals surface area contributed by atoms with Gasteiger partial charge in [0.05, 0.1) is 17.5 Å². The van der Waals surface area contributed by atoms with E-state index in [2.05, 4.69) is 5.32 Å². The highest BCUT2D eigenvalue weighted by Gasteiger charge is 2.22. The molecule has 0 spiro atoms. The van der Waals surface area contributed by atoms with Crippen molar-refractivity contribution in [3.63, 3.8) is 0 Å². The van der Waals surface area contributed by atoms with E-state index in [1.165, 1.54) is 0 Å². The van der Waals surface area contributed by atoms with E-state index < -0.39 is 6.10 Å². The predicted molar refractivity (Wildman–Crippen MR) is 76.6 cm³/mol. The van der Waals surface area contributed by atoms with Gasteiger partial charge in [0.1, 0.15) is 0 Å². The third-order valence-corrected chi connectivity index (χ3v) is 3.31. The van der Waals surface area contributed by atoms with E-state index in [9.17, 15) is 9.90 Å². The molecule has 2 N–H and O–H groups in total. The zero-order valence-electron chi connectivity index (χ0n) is 11.5. The van der Waals surface area contributed by atoms with Crippen LogP contribution >= 0.6 is 0 Å². The van der Waals surface area contributed by atoms with E-state index in [0.717, 1.165) is 24.2 Å². The summed E-state index contributed by atoms with van der Waals surface area (Å²) < 4.78 is 0. The molecule has 0 saturated carbocycles. The van der Waals surface area contributed by atoms with Crippen molar-refractivity contribution < 1.29 is 9.90 Å². The first-order valence-corrected chi connectivity index (χ1v) is 6.58. The number of β-amino-alcohol motifs (C(OH)–C–C–N with tert-alkyl or cyclic N) is 1. The first-order valence-electron chi connectivity index (χ1n) is 6.58. The first kappa shape index (κ1) is 13.7. The Hall–Kier alpha value is -1.75. The number of urea groups is 1. The minimum absolute atomic E-state index is 0.145. The van der Waals surface area contributed by atoms with Crippen molar-refractivity contribution in [1.29, 1.82) is 0 Å². The van der Waals surface area contributed by atoms with E-state index in [0.29, 0.717) is 13.1 Å². The summed E-state index contributed by atoms with van der Waals surface area (Å²) in [7, 11) is 3.88. The summed E-state index contributed by atoms with van der Waals surface area (Å²) in [6.07, 6.45) is 1.23. The van der Waals surface area contributed by atoms with Crippen LogP contribution in [0.15, 0.2) is 24.3 Å². The molecule has 2 rings (SSSR count). The van der Waals surface area contributed by atoms with Crippen molar-refractivity contribution in [2.75, 3.05) is 37.4 Å². The normalized spacial score (nSPS) is 19.1. The molecule has 0 aromatic heterocycles. The Morgan fingerprint density at radius 1 is 1.42 bits per heavy atom. The maximum Gasteiger partial charge on any atom is 0.321 e. The maximum absolute atomic E-state index is 12.2. The maximum atomic E-state index is 12.2. The van der Waals surface area contributed by atoms with Gasteiger partial charge in [-0.15, -0.1) is 0 Å². The van der Waals surface area contributed by atoms with Crippen molar-refractivity contribution >= 4 is 17.4 Å². The molecule has 0 aliphatic carbocycles. The summed E-state index contributed by atoms with van der Waals surface area (Å²) in [4.78, 5) is 15.8. The molecule has 1 aromatic rings. The van der Waals surface area contributed by atoms with Gasteiger partial charge in [-0.05, 0) is 25.0 Å². The highest BCUT2D eigenvalue weighted by atomic mass is 16.3. The number of nitrogens with zero attached hydrogens (tertiary/aromatic N) is 2. The Labute approximate surface area is 113 Å². The third kappa shape index (κ3) is 3.38. The number of piperidine rings is 1. The zero-order valence-corrected chi connectivity index (χ0v) is 11.5. The molecule has 1 heterocycles. The Kier molecular flexibility index (Phi) is 4.27. The number of amides is 2. The largest absolute Gasteiger partial charge is 0.391 e. The van der Waals surface area contributed by atoms with Crippen LogP contribution in [0.25, 0.3) is 0 Å². The number of likely N-dealkylation sites (tertiary alicyclic amines) is 1. The summed E-state index contributed by atoms with van der Waals surface area (Å²) in [5.41, 5.74) is 1.76. The lowest BCUT2D eigenvalue weighted by molar-refractivity contribution is 0.0883. The van der Waals surface area contributed by atoms with Crippen LogP contribution in [-0.2, 0) is 0 Å². The topological polar surface area (TPSA) is 55.8 Å². The number of benzene rings is 1. The number of hydrogen-bond donors (Lipinski definition) is 2. The van der Waals surface area contributed by atoms with Crippen molar-refractivity contribution in [2.24, 2.45) is 0 Å². The molecule has 19 heavy (non-hydrogen) atoms. The van der Waals surface area contributed by atoms with Crippen LogP contribution in [0.1, 0.15) is 12.8 Å². The molecule has 1 aliphatic rings. The lowest BCUT2D eigenvalue weighted by Gasteiger charge is -2.30. The monoisotopic (exact) mass is 263 g/mol. The number of nitrogens with one attached hydrogen (secondary N) is 1. The van der Waals surface area contributed by atoms with Gasteiger partial charge in [-0.2, -0.15) is 0 Å². The lowest BCUT2D eigenvalue weighted by Crippen LogP contribution is -2.44. The van der Waals surface area contributed by atoms with Gasteiger partial charge in [-0.3, -0.25) is 0 Å². The number of aliphatic hydroxyl groups excluding tert-OH is 1. The van der Waals surface area contributed by atoms with E-state index in [1.54, 1.807) is 4.90 Å². The fourth-order valence-corrected chi connectivity index (χ4v) is 2.30. The van der Waals surface area contributed by atoms with Crippen LogP contribution in [0, 0.1) is 0 Å². The number of aliphatic hydroxyl groups is 1. The second kappa shape index (κ2) is 5.93. The van der Waals surface area contributed by atoms with Gasteiger partial charge in [0.25, 0.3) is 0 Å². The quantitative estimate of drug-likeness (QED) is 0.854. The fraction of sp³-hybridized carbons (Fsp3) is 0.500. The Balaban J connectivity index is 2.06. The summed E-state index contributed by atoms with van der Waals surface area (Å²) in [6, 6.07) is 7.53. The van der Waals surface area contributed by atoms with Gasteiger partial charge >= 0.3 is 6.03 Å². The lowest BCUT2D eigenvalue weighted by atomic mass is 10.1. The Morgan fingerprint density at radius 3 is 2.84 bits per heavy atom. The second-order valence-corrected chi connectivity index (χ2v) is 5.08. The molecule has 0 unspecified atom stereocenters. The summed E-state index contributed by atoms with van der Waals surface area (Å²) in [5, 5.41) is 12.5. The molecule has 2 amide bonds. The minimum atomic E-state index is -0.399. The van der Waals surface area contributed by atoms with E-state index in [1.807, 2.05) is 43.3 Å². The fourth-order valence-electron chi connectivity index (χ4n) is 2.30. The molecule has 1 saturated heterocycles. The van der Waals surface area contributed by atoms with Crippen molar-refractivity contribution in [2.45, 2.75) is 18.9 Å². The Bertz CT molecular complexity index is 448. The number of hydrogen-bond acceptors (Lipinski definition) is 3. The number of carbonyl (C=O) groups is 1. The Morgan fingerprint density at radius 2 is 2.16 bits per heavy atom. The molecule has 1 aliphatic heterocycles. The first-order chi connectivity index (χ1) is 9.08. The minimum Gasteiger partial charge on any atom is -0.391 e.